The third-order valence-electron chi connectivity index (χ3n) is 4.50. The van der Waals surface area contributed by atoms with Gasteiger partial charge in [-0.1, -0.05) is 20.8 Å². The van der Waals surface area contributed by atoms with Crippen molar-refractivity contribution in [3.8, 4) is 0 Å². The Labute approximate surface area is 123 Å². The summed E-state index contributed by atoms with van der Waals surface area (Å²) >= 11 is 0. The summed E-state index contributed by atoms with van der Waals surface area (Å²) in [6.45, 7) is 12.5. The van der Waals surface area contributed by atoms with Crippen molar-refractivity contribution in [1.82, 2.24) is 20.0 Å². The van der Waals surface area contributed by atoms with Crippen molar-refractivity contribution in [1.29, 1.82) is 0 Å². The highest BCUT2D eigenvalue weighted by atomic mass is 15.3. The van der Waals surface area contributed by atoms with Crippen molar-refractivity contribution in [2.75, 3.05) is 13.1 Å². The molecule has 2 unspecified atom stereocenters. The number of rotatable bonds is 5. The van der Waals surface area contributed by atoms with Gasteiger partial charge in [-0.05, 0) is 25.7 Å². The van der Waals surface area contributed by atoms with Crippen LogP contribution < -0.4 is 5.32 Å². The van der Waals surface area contributed by atoms with Crippen LogP contribution in [0.15, 0.2) is 12.4 Å². The van der Waals surface area contributed by atoms with Crippen LogP contribution in [0.4, 0.5) is 0 Å². The molecule has 0 bridgehead atoms. The van der Waals surface area contributed by atoms with Crippen LogP contribution in [-0.4, -0.2) is 39.4 Å². The zero-order valence-corrected chi connectivity index (χ0v) is 13.7. The Morgan fingerprint density at radius 2 is 2.25 bits per heavy atom. The van der Waals surface area contributed by atoms with Crippen molar-refractivity contribution in [2.45, 2.75) is 58.7 Å². The minimum Gasteiger partial charge on any atom is -0.309 e. The van der Waals surface area contributed by atoms with E-state index in [9.17, 15) is 0 Å². The fraction of sp³-hybridized carbons (Fsp3) is 0.812. The quantitative estimate of drug-likeness (QED) is 0.898. The number of aromatic nitrogens is 2. The molecule has 114 valence electrons. The van der Waals surface area contributed by atoms with Crippen molar-refractivity contribution in [2.24, 2.45) is 13.0 Å². The molecule has 1 aromatic rings. The topological polar surface area (TPSA) is 33.1 Å². The van der Waals surface area contributed by atoms with Crippen LogP contribution in [0.1, 0.15) is 46.1 Å². The summed E-state index contributed by atoms with van der Waals surface area (Å²) in [6.07, 6.45) is 6.56. The molecular weight excluding hydrogens is 248 g/mol. The summed E-state index contributed by atoms with van der Waals surface area (Å²) in [7, 11) is 1.99. The lowest BCUT2D eigenvalue weighted by atomic mass is 9.90. The first-order valence-corrected chi connectivity index (χ1v) is 7.88. The fourth-order valence-corrected chi connectivity index (χ4v) is 3.11. The lowest BCUT2D eigenvalue weighted by Gasteiger charge is -2.46. The highest BCUT2D eigenvalue weighted by molar-refractivity contribution is 5.06. The normalized spacial score (nSPS) is 28.2. The SMILES string of the molecule is CCC1(C)CN(Cc2cnn(C)c2)C(CC(C)C)CN1. The molecule has 1 fully saturated rings. The molecule has 1 N–H and O–H groups in total. The molecular formula is C16H30N4. The summed E-state index contributed by atoms with van der Waals surface area (Å²) in [5, 5.41) is 8.06. The number of aryl methyl sites for hydroxylation is 1. The molecule has 4 heteroatoms. The van der Waals surface area contributed by atoms with E-state index >= 15 is 0 Å². The third-order valence-corrected chi connectivity index (χ3v) is 4.50. The van der Waals surface area contributed by atoms with Crippen LogP contribution in [0.5, 0.6) is 0 Å². The number of piperazine rings is 1. The van der Waals surface area contributed by atoms with E-state index in [1.165, 1.54) is 18.4 Å². The molecule has 0 amide bonds. The molecule has 1 saturated heterocycles. The number of nitrogens with zero attached hydrogens (tertiary/aromatic N) is 3. The van der Waals surface area contributed by atoms with Gasteiger partial charge in [0.2, 0.25) is 0 Å². The smallest absolute Gasteiger partial charge is 0.0534 e. The Morgan fingerprint density at radius 3 is 2.80 bits per heavy atom. The van der Waals surface area contributed by atoms with Gasteiger partial charge >= 0.3 is 0 Å². The van der Waals surface area contributed by atoms with Gasteiger partial charge in [-0.15, -0.1) is 0 Å². The number of hydrogen-bond donors (Lipinski definition) is 1. The van der Waals surface area contributed by atoms with Crippen LogP contribution in [-0.2, 0) is 13.6 Å². The third kappa shape index (κ3) is 3.83. The minimum absolute atomic E-state index is 0.246. The van der Waals surface area contributed by atoms with Gasteiger partial charge in [-0.3, -0.25) is 9.58 Å². The Morgan fingerprint density at radius 1 is 1.50 bits per heavy atom. The molecule has 0 spiro atoms. The average molecular weight is 278 g/mol. The van der Waals surface area contributed by atoms with Gasteiger partial charge in [-0.2, -0.15) is 5.10 Å². The number of hydrogen-bond acceptors (Lipinski definition) is 3. The summed E-state index contributed by atoms with van der Waals surface area (Å²) in [5.41, 5.74) is 1.57. The summed E-state index contributed by atoms with van der Waals surface area (Å²) in [6, 6.07) is 0.634. The maximum Gasteiger partial charge on any atom is 0.0534 e. The largest absolute Gasteiger partial charge is 0.309 e. The zero-order chi connectivity index (χ0) is 14.8. The van der Waals surface area contributed by atoms with Crippen LogP contribution in [0.25, 0.3) is 0 Å². The van der Waals surface area contributed by atoms with Gasteiger partial charge in [0, 0.05) is 50.0 Å². The number of nitrogens with one attached hydrogen (secondary N) is 1. The fourth-order valence-electron chi connectivity index (χ4n) is 3.11. The molecule has 0 radical (unpaired) electrons. The van der Waals surface area contributed by atoms with Crippen LogP contribution in [0, 0.1) is 5.92 Å². The van der Waals surface area contributed by atoms with E-state index in [0.717, 1.165) is 25.6 Å². The van der Waals surface area contributed by atoms with E-state index in [1.54, 1.807) is 0 Å². The Balaban J connectivity index is 2.08. The summed E-state index contributed by atoms with van der Waals surface area (Å²) < 4.78 is 1.90. The minimum atomic E-state index is 0.246. The van der Waals surface area contributed by atoms with Crippen LogP contribution in [0.2, 0.25) is 0 Å². The first-order valence-electron chi connectivity index (χ1n) is 7.88. The molecule has 20 heavy (non-hydrogen) atoms. The predicted octanol–water partition coefficient (Wildman–Crippen LogP) is 2.41. The van der Waals surface area contributed by atoms with E-state index < -0.39 is 0 Å². The highest BCUT2D eigenvalue weighted by Gasteiger charge is 2.34. The second-order valence-corrected chi connectivity index (χ2v) is 7.01. The molecule has 0 aliphatic carbocycles. The van der Waals surface area contributed by atoms with Gasteiger partial charge in [0.05, 0.1) is 6.20 Å². The molecule has 1 aromatic heterocycles. The molecule has 2 rings (SSSR count). The Hall–Kier alpha value is -0.870. The summed E-state index contributed by atoms with van der Waals surface area (Å²) in [5.74, 6) is 0.740. The van der Waals surface area contributed by atoms with E-state index in [4.69, 9.17) is 0 Å². The Kier molecular flexibility index (Phi) is 4.86. The highest BCUT2D eigenvalue weighted by Crippen LogP contribution is 2.24. The van der Waals surface area contributed by atoms with Crippen molar-refractivity contribution >= 4 is 0 Å². The van der Waals surface area contributed by atoms with Crippen LogP contribution in [0.3, 0.4) is 0 Å². The Bertz CT molecular complexity index is 426. The standard InChI is InChI=1S/C16H30N4/c1-6-16(4)12-20(11-14-8-18-19(5)10-14)15(9-17-16)7-13(2)3/h8,10,13,15,17H,6-7,9,11-12H2,1-5H3. The second-order valence-electron chi connectivity index (χ2n) is 7.01. The van der Waals surface area contributed by atoms with E-state index in [0.29, 0.717) is 6.04 Å². The first kappa shape index (κ1) is 15.5. The van der Waals surface area contributed by atoms with E-state index in [-0.39, 0.29) is 5.54 Å². The van der Waals surface area contributed by atoms with Crippen molar-refractivity contribution in [3.05, 3.63) is 18.0 Å². The van der Waals surface area contributed by atoms with Gasteiger partial charge in [0.25, 0.3) is 0 Å². The van der Waals surface area contributed by atoms with Gasteiger partial charge in [0.15, 0.2) is 0 Å². The van der Waals surface area contributed by atoms with Gasteiger partial charge < -0.3 is 5.32 Å². The zero-order valence-electron chi connectivity index (χ0n) is 13.7. The van der Waals surface area contributed by atoms with E-state index in [1.807, 2.05) is 17.9 Å². The average Bonchev–Trinajstić information content (AvgIpc) is 2.78. The summed E-state index contributed by atoms with van der Waals surface area (Å²) in [4.78, 5) is 2.65. The van der Waals surface area contributed by atoms with E-state index in [2.05, 4.69) is 49.2 Å². The lowest BCUT2D eigenvalue weighted by molar-refractivity contribution is 0.0664. The molecule has 2 atom stereocenters. The second kappa shape index (κ2) is 6.27. The monoisotopic (exact) mass is 278 g/mol. The van der Waals surface area contributed by atoms with Crippen molar-refractivity contribution < 1.29 is 0 Å². The molecule has 4 nitrogen and oxygen atoms in total. The first-order chi connectivity index (χ1) is 9.42. The molecule has 2 heterocycles. The van der Waals surface area contributed by atoms with Crippen molar-refractivity contribution in [3.63, 3.8) is 0 Å². The lowest BCUT2D eigenvalue weighted by Crippen LogP contribution is -2.62. The molecule has 1 aliphatic rings. The van der Waals surface area contributed by atoms with Gasteiger partial charge in [-0.25, -0.2) is 0 Å². The maximum atomic E-state index is 4.30. The molecule has 0 aromatic carbocycles. The maximum absolute atomic E-state index is 4.30. The predicted molar refractivity (Wildman–Crippen MR) is 83.6 cm³/mol. The molecule has 1 aliphatic heterocycles. The van der Waals surface area contributed by atoms with Gasteiger partial charge in [0.1, 0.15) is 0 Å². The van der Waals surface area contributed by atoms with Crippen LogP contribution >= 0.6 is 0 Å². The molecule has 0 saturated carbocycles.